The van der Waals surface area contributed by atoms with Gasteiger partial charge in [0.2, 0.25) is 0 Å². The van der Waals surface area contributed by atoms with E-state index in [0.29, 0.717) is 16.8 Å². The van der Waals surface area contributed by atoms with Crippen molar-refractivity contribution in [3.8, 4) is 0 Å². The van der Waals surface area contributed by atoms with Crippen LogP contribution in [0, 0.1) is 0 Å². The summed E-state index contributed by atoms with van der Waals surface area (Å²) in [5.74, 6) is -0.641. The van der Waals surface area contributed by atoms with Gasteiger partial charge in [-0.05, 0) is 41.5 Å². The van der Waals surface area contributed by atoms with Crippen LogP contribution in [0.3, 0.4) is 0 Å². The lowest BCUT2D eigenvalue weighted by atomic mass is 10.0. The van der Waals surface area contributed by atoms with Crippen LogP contribution in [0.25, 0.3) is 11.6 Å². The van der Waals surface area contributed by atoms with Crippen molar-refractivity contribution in [3.05, 3.63) is 102 Å². The highest BCUT2D eigenvalue weighted by Gasteiger charge is 2.13. The van der Waals surface area contributed by atoms with Gasteiger partial charge < -0.3 is 10.1 Å². The quantitative estimate of drug-likeness (QED) is 0.411. The Kier molecular flexibility index (Phi) is 5.80. The number of amides is 1. The second kappa shape index (κ2) is 8.63. The van der Waals surface area contributed by atoms with Gasteiger partial charge in [0.15, 0.2) is 0 Å². The summed E-state index contributed by atoms with van der Waals surface area (Å²) in [6.07, 6.45) is 1.85. The number of hydrogen-bond acceptors (Lipinski definition) is 3. The number of benzene rings is 3. The summed E-state index contributed by atoms with van der Waals surface area (Å²) in [5, 5.41) is 2.89. The molecule has 134 valence electrons. The highest BCUT2D eigenvalue weighted by atomic mass is 16.5. The van der Waals surface area contributed by atoms with Gasteiger partial charge in [0.25, 0.3) is 5.91 Å². The maximum Gasteiger partial charge on any atom is 0.337 e. The molecule has 0 saturated heterocycles. The number of carbonyl (C=O) groups is 2. The zero-order valence-corrected chi connectivity index (χ0v) is 14.9. The SMILES string of the molecule is COC(=O)c1ccc(NC(=O)C(=Cc2ccccc2)c2ccccc2)cc1. The van der Waals surface area contributed by atoms with Gasteiger partial charge in [-0.25, -0.2) is 4.79 Å². The smallest absolute Gasteiger partial charge is 0.337 e. The fourth-order valence-corrected chi connectivity index (χ4v) is 2.62. The molecule has 1 amide bonds. The van der Waals surface area contributed by atoms with Gasteiger partial charge in [-0.15, -0.1) is 0 Å². The maximum absolute atomic E-state index is 12.9. The molecule has 0 aliphatic rings. The molecule has 3 rings (SSSR count). The van der Waals surface area contributed by atoms with Crippen LogP contribution < -0.4 is 5.32 Å². The summed E-state index contributed by atoms with van der Waals surface area (Å²) in [6, 6.07) is 25.8. The van der Waals surface area contributed by atoms with Crippen LogP contribution in [-0.4, -0.2) is 19.0 Å². The van der Waals surface area contributed by atoms with Crippen LogP contribution in [0.1, 0.15) is 21.5 Å². The molecule has 4 heteroatoms. The van der Waals surface area contributed by atoms with Crippen molar-refractivity contribution in [1.29, 1.82) is 0 Å². The third kappa shape index (κ3) is 4.70. The minimum atomic E-state index is -0.415. The first-order valence-corrected chi connectivity index (χ1v) is 8.49. The summed E-state index contributed by atoms with van der Waals surface area (Å²) in [6.45, 7) is 0. The Morgan fingerprint density at radius 2 is 1.37 bits per heavy atom. The molecule has 0 aliphatic carbocycles. The lowest BCUT2D eigenvalue weighted by Gasteiger charge is -2.10. The number of esters is 1. The lowest BCUT2D eigenvalue weighted by Crippen LogP contribution is -2.14. The first-order chi connectivity index (χ1) is 13.2. The van der Waals surface area contributed by atoms with Gasteiger partial charge in [0, 0.05) is 11.3 Å². The molecular weight excluding hydrogens is 338 g/mol. The van der Waals surface area contributed by atoms with Crippen molar-refractivity contribution >= 4 is 29.2 Å². The molecule has 0 aromatic heterocycles. The normalized spacial score (nSPS) is 10.9. The standard InChI is InChI=1S/C23H19NO3/c1-27-23(26)19-12-14-20(15-13-19)24-22(25)21(18-10-6-3-7-11-18)16-17-8-4-2-5-9-17/h2-16H,1H3,(H,24,25). The molecule has 0 radical (unpaired) electrons. The van der Waals surface area contributed by atoms with Gasteiger partial charge in [-0.3, -0.25) is 4.79 Å². The first-order valence-electron chi connectivity index (χ1n) is 8.49. The monoisotopic (exact) mass is 357 g/mol. The van der Waals surface area contributed by atoms with Crippen molar-refractivity contribution in [2.75, 3.05) is 12.4 Å². The summed E-state index contributed by atoms with van der Waals surface area (Å²) < 4.78 is 4.68. The minimum absolute atomic E-state index is 0.226. The second-order valence-corrected chi connectivity index (χ2v) is 5.86. The predicted octanol–water partition coefficient (Wildman–Crippen LogP) is 4.65. The van der Waals surface area contributed by atoms with Crippen LogP contribution in [-0.2, 0) is 9.53 Å². The molecule has 0 fully saturated rings. The van der Waals surface area contributed by atoms with Gasteiger partial charge in [0.05, 0.1) is 12.7 Å². The van der Waals surface area contributed by atoms with Crippen LogP contribution in [0.4, 0.5) is 5.69 Å². The first kappa shape index (κ1) is 18.1. The van der Waals surface area contributed by atoms with Gasteiger partial charge in [0.1, 0.15) is 0 Å². The molecule has 3 aromatic carbocycles. The van der Waals surface area contributed by atoms with Gasteiger partial charge in [-0.2, -0.15) is 0 Å². The summed E-state index contributed by atoms with van der Waals surface area (Å²) >= 11 is 0. The number of methoxy groups -OCH3 is 1. The Hall–Kier alpha value is -3.66. The molecular formula is C23H19NO3. The largest absolute Gasteiger partial charge is 0.465 e. The maximum atomic E-state index is 12.9. The molecule has 3 aromatic rings. The van der Waals surface area contributed by atoms with E-state index in [1.54, 1.807) is 24.3 Å². The summed E-state index contributed by atoms with van der Waals surface area (Å²) in [5.41, 5.74) is 3.34. The molecule has 0 saturated carbocycles. The Balaban J connectivity index is 1.87. The van der Waals surface area contributed by atoms with Crippen LogP contribution >= 0.6 is 0 Å². The van der Waals surface area contributed by atoms with E-state index >= 15 is 0 Å². The number of hydrogen-bond donors (Lipinski definition) is 1. The number of rotatable bonds is 5. The van der Waals surface area contributed by atoms with Crippen LogP contribution in [0.15, 0.2) is 84.9 Å². The van der Waals surface area contributed by atoms with E-state index < -0.39 is 5.97 Å². The van der Waals surface area contributed by atoms with Crippen molar-refractivity contribution in [2.45, 2.75) is 0 Å². The summed E-state index contributed by atoms with van der Waals surface area (Å²) in [4.78, 5) is 24.4. The van der Waals surface area contributed by atoms with Crippen molar-refractivity contribution < 1.29 is 14.3 Å². The molecule has 0 unspecified atom stereocenters. The molecule has 0 aliphatic heterocycles. The Labute approximate surface area is 158 Å². The fourth-order valence-electron chi connectivity index (χ4n) is 2.62. The Morgan fingerprint density at radius 1 is 0.778 bits per heavy atom. The zero-order chi connectivity index (χ0) is 19.1. The average Bonchev–Trinajstić information content (AvgIpc) is 2.73. The highest BCUT2D eigenvalue weighted by Crippen LogP contribution is 2.21. The molecule has 27 heavy (non-hydrogen) atoms. The molecule has 4 nitrogen and oxygen atoms in total. The fraction of sp³-hybridized carbons (Fsp3) is 0.0435. The van der Waals surface area contributed by atoms with Gasteiger partial charge in [-0.1, -0.05) is 60.7 Å². The number of carbonyl (C=O) groups excluding carboxylic acids is 2. The Morgan fingerprint density at radius 3 is 1.96 bits per heavy atom. The number of nitrogens with one attached hydrogen (secondary N) is 1. The lowest BCUT2D eigenvalue weighted by molar-refractivity contribution is -0.111. The second-order valence-electron chi connectivity index (χ2n) is 5.86. The van der Waals surface area contributed by atoms with Gasteiger partial charge >= 0.3 is 5.97 Å². The molecule has 0 atom stereocenters. The van der Waals surface area contributed by atoms with E-state index in [-0.39, 0.29) is 5.91 Å². The topological polar surface area (TPSA) is 55.4 Å². The number of ether oxygens (including phenoxy) is 1. The predicted molar refractivity (Wildman–Crippen MR) is 107 cm³/mol. The van der Waals surface area contributed by atoms with Crippen molar-refractivity contribution in [1.82, 2.24) is 0 Å². The third-order valence-electron chi connectivity index (χ3n) is 4.00. The highest BCUT2D eigenvalue weighted by molar-refractivity contribution is 6.29. The average molecular weight is 357 g/mol. The van der Waals surface area contributed by atoms with E-state index in [1.165, 1.54) is 7.11 Å². The van der Waals surface area contributed by atoms with Crippen LogP contribution in [0.2, 0.25) is 0 Å². The van der Waals surface area contributed by atoms with E-state index in [4.69, 9.17) is 0 Å². The van der Waals surface area contributed by atoms with E-state index in [1.807, 2.05) is 66.7 Å². The molecule has 0 spiro atoms. The zero-order valence-electron chi connectivity index (χ0n) is 14.9. The number of anilines is 1. The van der Waals surface area contributed by atoms with E-state index in [0.717, 1.165) is 11.1 Å². The minimum Gasteiger partial charge on any atom is -0.465 e. The van der Waals surface area contributed by atoms with Crippen molar-refractivity contribution in [3.63, 3.8) is 0 Å². The third-order valence-corrected chi connectivity index (χ3v) is 4.00. The molecule has 0 bridgehead atoms. The van der Waals surface area contributed by atoms with E-state index in [9.17, 15) is 9.59 Å². The molecule has 0 heterocycles. The van der Waals surface area contributed by atoms with Crippen LogP contribution in [0.5, 0.6) is 0 Å². The van der Waals surface area contributed by atoms with Crippen molar-refractivity contribution in [2.24, 2.45) is 0 Å². The Bertz CT molecular complexity index is 946. The molecule has 1 N–H and O–H groups in total. The summed E-state index contributed by atoms with van der Waals surface area (Å²) in [7, 11) is 1.33. The van der Waals surface area contributed by atoms with E-state index in [2.05, 4.69) is 10.1 Å².